The number of para-hydroxylation sites is 1. The van der Waals surface area contributed by atoms with Crippen LogP contribution in [-0.2, 0) is 5.41 Å². The first-order chi connectivity index (χ1) is 7.79. The van der Waals surface area contributed by atoms with Gasteiger partial charge in [-0.05, 0) is 24.5 Å². The second-order valence-corrected chi connectivity index (χ2v) is 5.02. The molecule has 0 radical (unpaired) electrons. The minimum absolute atomic E-state index is 0.0346. The van der Waals surface area contributed by atoms with E-state index in [9.17, 15) is 5.26 Å². The van der Waals surface area contributed by atoms with E-state index in [2.05, 4.69) is 42.3 Å². The highest BCUT2D eigenvalue weighted by molar-refractivity contribution is 5.66. The van der Waals surface area contributed by atoms with Crippen LogP contribution in [0.15, 0.2) is 24.3 Å². The molecule has 1 heterocycles. The van der Waals surface area contributed by atoms with Crippen LogP contribution in [0.4, 0.5) is 5.69 Å². The zero-order valence-electron chi connectivity index (χ0n) is 9.61. The van der Waals surface area contributed by atoms with Crippen molar-refractivity contribution in [2.24, 2.45) is 0 Å². The fraction of sp³-hybridized carbons (Fsp3) is 0.500. The Hall–Kier alpha value is -1.49. The molecule has 2 aliphatic rings. The van der Waals surface area contributed by atoms with Crippen LogP contribution in [0.1, 0.15) is 31.2 Å². The van der Waals surface area contributed by atoms with Gasteiger partial charge in [0.25, 0.3) is 0 Å². The number of fused-ring (bicyclic) bond motifs is 2. The summed E-state index contributed by atoms with van der Waals surface area (Å²) < 4.78 is 0. The van der Waals surface area contributed by atoms with Crippen molar-refractivity contribution in [3.05, 3.63) is 29.8 Å². The molecule has 1 aliphatic heterocycles. The number of benzene rings is 1. The second kappa shape index (κ2) is 3.25. The number of hydrogen-bond acceptors (Lipinski definition) is 2. The van der Waals surface area contributed by atoms with E-state index in [1.807, 2.05) is 0 Å². The average Bonchev–Trinajstić information content (AvgIpc) is 2.88. The predicted molar refractivity (Wildman–Crippen MR) is 64.4 cm³/mol. The van der Waals surface area contributed by atoms with Crippen LogP contribution in [0.3, 0.4) is 0 Å². The summed E-state index contributed by atoms with van der Waals surface area (Å²) in [4.78, 5) is 2.17. The molecule has 16 heavy (non-hydrogen) atoms. The summed E-state index contributed by atoms with van der Waals surface area (Å²) in [5.41, 5.74) is 2.79. The van der Waals surface area contributed by atoms with Crippen molar-refractivity contribution in [1.29, 1.82) is 5.26 Å². The van der Waals surface area contributed by atoms with Crippen molar-refractivity contribution in [1.82, 2.24) is 0 Å². The fourth-order valence-electron chi connectivity index (χ4n) is 3.62. The Morgan fingerprint density at radius 2 is 2.00 bits per heavy atom. The van der Waals surface area contributed by atoms with Gasteiger partial charge in [0, 0.05) is 18.2 Å². The van der Waals surface area contributed by atoms with Gasteiger partial charge in [0.2, 0.25) is 0 Å². The lowest BCUT2D eigenvalue weighted by Gasteiger charge is -2.29. The summed E-state index contributed by atoms with van der Waals surface area (Å²) >= 11 is 0. The normalized spacial score (nSPS) is 25.8. The average molecular weight is 212 g/mol. The molecule has 1 saturated carbocycles. The molecule has 2 nitrogen and oxygen atoms in total. The first-order valence-electron chi connectivity index (χ1n) is 6.01. The number of anilines is 1. The minimum atomic E-state index is 0.0346. The number of likely N-dealkylation sites (N-methyl/N-ethyl adjacent to an activating group) is 1. The molecule has 1 atom stereocenters. The molecular weight excluding hydrogens is 196 g/mol. The summed E-state index contributed by atoms with van der Waals surface area (Å²) in [6.45, 7) is 0. The van der Waals surface area contributed by atoms with E-state index in [0.29, 0.717) is 0 Å². The highest BCUT2D eigenvalue weighted by atomic mass is 15.2. The van der Waals surface area contributed by atoms with Gasteiger partial charge in [-0.25, -0.2) is 0 Å². The van der Waals surface area contributed by atoms with E-state index in [4.69, 9.17) is 0 Å². The lowest BCUT2D eigenvalue weighted by atomic mass is 9.75. The van der Waals surface area contributed by atoms with Gasteiger partial charge >= 0.3 is 0 Å². The third-order valence-electron chi connectivity index (χ3n) is 4.35. The molecule has 82 valence electrons. The standard InChI is InChI=1S/C14H16N2/c1-16-12-7-3-2-6-11(12)14(13(16)10-15)8-4-5-9-14/h2-3,6-7,13H,4-5,8-9H2,1H3. The number of rotatable bonds is 0. The van der Waals surface area contributed by atoms with Gasteiger partial charge in [0.15, 0.2) is 0 Å². The van der Waals surface area contributed by atoms with Crippen LogP contribution in [0.5, 0.6) is 0 Å². The van der Waals surface area contributed by atoms with Gasteiger partial charge in [0.05, 0.1) is 6.07 Å². The number of nitriles is 1. The maximum absolute atomic E-state index is 9.44. The third kappa shape index (κ3) is 1.01. The van der Waals surface area contributed by atoms with Gasteiger partial charge < -0.3 is 4.90 Å². The Morgan fingerprint density at radius 3 is 2.69 bits per heavy atom. The predicted octanol–water partition coefficient (Wildman–Crippen LogP) is 2.84. The van der Waals surface area contributed by atoms with Gasteiger partial charge in [-0.15, -0.1) is 0 Å². The summed E-state index contributed by atoms with van der Waals surface area (Å²) in [5, 5.41) is 9.44. The van der Waals surface area contributed by atoms with Gasteiger partial charge in [0.1, 0.15) is 6.04 Å². The van der Waals surface area contributed by atoms with E-state index in [-0.39, 0.29) is 11.5 Å². The van der Waals surface area contributed by atoms with Crippen LogP contribution in [0.25, 0.3) is 0 Å². The molecule has 1 unspecified atom stereocenters. The van der Waals surface area contributed by atoms with E-state index in [0.717, 1.165) is 0 Å². The van der Waals surface area contributed by atoms with Crippen LogP contribution >= 0.6 is 0 Å². The van der Waals surface area contributed by atoms with E-state index in [1.165, 1.54) is 36.9 Å². The molecule has 0 N–H and O–H groups in total. The van der Waals surface area contributed by atoms with Crippen molar-refractivity contribution < 1.29 is 0 Å². The fourth-order valence-corrected chi connectivity index (χ4v) is 3.62. The SMILES string of the molecule is CN1c2ccccc2C2(CCCC2)C1C#N. The maximum atomic E-state index is 9.44. The van der Waals surface area contributed by atoms with Crippen molar-refractivity contribution in [3.63, 3.8) is 0 Å². The molecule has 0 amide bonds. The van der Waals surface area contributed by atoms with Crippen molar-refractivity contribution in [2.75, 3.05) is 11.9 Å². The Bertz CT molecular complexity index is 452. The van der Waals surface area contributed by atoms with Crippen molar-refractivity contribution >= 4 is 5.69 Å². The zero-order valence-corrected chi connectivity index (χ0v) is 9.61. The largest absolute Gasteiger partial charge is 0.358 e. The lowest BCUT2D eigenvalue weighted by molar-refractivity contribution is 0.420. The van der Waals surface area contributed by atoms with Crippen LogP contribution in [-0.4, -0.2) is 13.1 Å². The summed E-state index contributed by atoms with van der Waals surface area (Å²) in [6.07, 6.45) is 4.87. The highest BCUT2D eigenvalue weighted by Crippen LogP contribution is 2.53. The van der Waals surface area contributed by atoms with E-state index < -0.39 is 0 Å². The van der Waals surface area contributed by atoms with Gasteiger partial charge in [-0.2, -0.15) is 5.26 Å². The van der Waals surface area contributed by atoms with Crippen molar-refractivity contribution in [2.45, 2.75) is 37.1 Å². The highest BCUT2D eigenvalue weighted by Gasteiger charge is 2.51. The first kappa shape index (κ1) is 9.72. The number of hydrogen-bond donors (Lipinski definition) is 0. The zero-order chi connectivity index (χ0) is 11.2. The molecule has 1 aliphatic carbocycles. The molecule has 0 saturated heterocycles. The summed E-state index contributed by atoms with van der Waals surface area (Å²) in [5.74, 6) is 0. The summed E-state index contributed by atoms with van der Waals surface area (Å²) in [7, 11) is 2.06. The molecule has 3 rings (SSSR count). The monoisotopic (exact) mass is 212 g/mol. The summed E-state index contributed by atoms with van der Waals surface area (Å²) in [6, 6.07) is 11.1. The molecule has 1 aromatic carbocycles. The van der Waals surface area contributed by atoms with Crippen LogP contribution in [0, 0.1) is 11.3 Å². The molecule has 1 fully saturated rings. The Kier molecular flexibility index (Phi) is 1.97. The quantitative estimate of drug-likeness (QED) is 0.661. The van der Waals surface area contributed by atoms with E-state index in [1.54, 1.807) is 0 Å². The topological polar surface area (TPSA) is 27.0 Å². The Morgan fingerprint density at radius 1 is 1.31 bits per heavy atom. The molecule has 1 spiro atoms. The van der Waals surface area contributed by atoms with Crippen molar-refractivity contribution in [3.8, 4) is 6.07 Å². The number of nitrogens with zero attached hydrogens (tertiary/aromatic N) is 2. The first-order valence-corrected chi connectivity index (χ1v) is 6.01. The third-order valence-corrected chi connectivity index (χ3v) is 4.35. The Labute approximate surface area is 96.5 Å². The molecule has 0 bridgehead atoms. The van der Waals surface area contributed by atoms with Crippen LogP contribution in [0.2, 0.25) is 0 Å². The van der Waals surface area contributed by atoms with Crippen LogP contribution < -0.4 is 4.90 Å². The molecular formula is C14H16N2. The molecule has 2 heteroatoms. The van der Waals surface area contributed by atoms with E-state index >= 15 is 0 Å². The smallest absolute Gasteiger partial charge is 0.126 e. The minimum Gasteiger partial charge on any atom is -0.358 e. The lowest BCUT2D eigenvalue weighted by Crippen LogP contribution is -2.40. The maximum Gasteiger partial charge on any atom is 0.126 e. The van der Waals surface area contributed by atoms with Gasteiger partial charge in [-0.1, -0.05) is 31.0 Å². The second-order valence-electron chi connectivity index (χ2n) is 5.02. The van der Waals surface area contributed by atoms with Gasteiger partial charge in [-0.3, -0.25) is 0 Å². The Balaban J connectivity index is 2.20. The molecule has 0 aromatic heterocycles. The molecule has 1 aromatic rings.